The van der Waals surface area contributed by atoms with Crippen LogP contribution in [0.3, 0.4) is 0 Å². The number of benzene rings is 4. The molecule has 4 aromatic carbocycles. The molecule has 32 heavy (non-hydrogen) atoms. The Balaban J connectivity index is 1.67. The lowest BCUT2D eigenvalue weighted by Crippen LogP contribution is -2.18. The Morgan fingerprint density at radius 2 is 1.66 bits per heavy atom. The number of ether oxygens (including phenoxy) is 1. The second-order valence-corrected chi connectivity index (χ2v) is 8.78. The summed E-state index contributed by atoms with van der Waals surface area (Å²) in [5.41, 5.74) is 1.85. The second kappa shape index (κ2) is 9.03. The fraction of sp³-hybridized carbons (Fsp3) is 0.0400. The van der Waals surface area contributed by atoms with Crippen molar-refractivity contribution in [3.63, 3.8) is 0 Å². The Morgan fingerprint density at radius 3 is 2.44 bits per heavy atom. The Bertz CT molecular complexity index is 1410. The Morgan fingerprint density at radius 1 is 0.906 bits per heavy atom. The SMILES string of the molecule is Cc1cccc(C(=O)Oc2ccc3ccccc3c2/C=N\NS(=O)(=O)c2ccccc2)c1. The molecule has 0 amide bonds. The van der Waals surface area contributed by atoms with E-state index in [-0.39, 0.29) is 10.6 Å². The van der Waals surface area contributed by atoms with Crippen LogP contribution in [0.2, 0.25) is 0 Å². The van der Waals surface area contributed by atoms with Crippen LogP contribution in [-0.4, -0.2) is 20.6 Å². The molecule has 1 N–H and O–H groups in total. The molecule has 0 unspecified atom stereocenters. The summed E-state index contributed by atoms with van der Waals surface area (Å²) in [4.78, 5) is 15.0. The molecule has 0 heterocycles. The molecule has 4 aromatic rings. The highest BCUT2D eigenvalue weighted by molar-refractivity contribution is 7.89. The van der Waals surface area contributed by atoms with Crippen molar-refractivity contribution in [2.45, 2.75) is 11.8 Å². The Kier molecular flexibility index (Phi) is 6.00. The van der Waals surface area contributed by atoms with Crippen molar-refractivity contribution in [2.24, 2.45) is 5.10 Å². The third kappa shape index (κ3) is 4.68. The largest absolute Gasteiger partial charge is 0.422 e. The molecular weight excluding hydrogens is 424 g/mol. The van der Waals surface area contributed by atoms with Crippen LogP contribution in [0.4, 0.5) is 0 Å². The highest BCUT2D eigenvalue weighted by Crippen LogP contribution is 2.27. The summed E-state index contributed by atoms with van der Waals surface area (Å²) in [5, 5.41) is 5.61. The highest BCUT2D eigenvalue weighted by atomic mass is 32.2. The average molecular weight is 445 g/mol. The first kappa shape index (κ1) is 21.3. The summed E-state index contributed by atoms with van der Waals surface area (Å²) in [7, 11) is -3.82. The minimum absolute atomic E-state index is 0.0983. The van der Waals surface area contributed by atoms with Crippen LogP contribution in [0.5, 0.6) is 5.75 Å². The molecule has 0 bridgehead atoms. The van der Waals surface area contributed by atoms with Gasteiger partial charge in [-0.25, -0.2) is 9.63 Å². The van der Waals surface area contributed by atoms with Gasteiger partial charge in [0.05, 0.1) is 16.7 Å². The van der Waals surface area contributed by atoms with Gasteiger partial charge >= 0.3 is 5.97 Å². The number of fused-ring (bicyclic) bond motifs is 1. The monoisotopic (exact) mass is 444 g/mol. The van der Waals surface area contributed by atoms with E-state index in [0.717, 1.165) is 16.3 Å². The van der Waals surface area contributed by atoms with Crippen molar-refractivity contribution < 1.29 is 17.9 Å². The molecule has 0 saturated carbocycles. The molecule has 0 atom stereocenters. The normalized spacial score (nSPS) is 11.5. The number of aryl methyl sites for hydroxylation is 1. The third-order valence-corrected chi connectivity index (χ3v) is 6.05. The van der Waals surface area contributed by atoms with E-state index in [1.54, 1.807) is 42.5 Å². The van der Waals surface area contributed by atoms with E-state index in [2.05, 4.69) is 9.93 Å². The van der Waals surface area contributed by atoms with Gasteiger partial charge in [-0.1, -0.05) is 66.2 Å². The molecule has 0 aliphatic rings. The fourth-order valence-electron chi connectivity index (χ4n) is 3.24. The van der Waals surface area contributed by atoms with Gasteiger partial charge in [0.25, 0.3) is 10.0 Å². The van der Waals surface area contributed by atoms with E-state index >= 15 is 0 Å². The minimum Gasteiger partial charge on any atom is -0.422 e. The van der Waals surface area contributed by atoms with Crippen molar-refractivity contribution in [3.05, 3.63) is 108 Å². The van der Waals surface area contributed by atoms with E-state index in [4.69, 9.17) is 4.74 Å². The lowest BCUT2D eigenvalue weighted by atomic mass is 10.0. The number of sulfonamides is 1. The molecule has 0 fully saturated rings. The van der Waals surface area contributed by atoms with E-state index in [1.165, 1.54) is 18.3 Å². The molecule has 0 saturated heterocycles. The van der Waals surface area contributed by atoms with E-state index in [0.29, 0.717) is 11.1 Å². The van der Waals surface area contributed by atoms with Gasteiger partial charge in [-0.3, -0.25) is 0 Å². The van der Waals surface area contributed by atoms with Gasteiger partial charge in [0.15, 0.2) is 0 Å². The van der Waals surface area contributed by atoms with Gasteiger partial charge in [0.1, 0.15) is 5.75 Å². The van der Waals surface area contributed by atoms with Crippen molar-refractivity contribution in [2.75, 3.05) is 0 Å². The number of nitrogens with one attached hydrogen (secondary N) is 1. The van der Waals surface area contributed by atoms with Crippen molar-refractivity contribution >= 4 is 33.0 Å². The van der Waals surface area contributed by atoms with Gasteiger partial charge in [-0.05, 0) is 48.0 Å². The summed E-state index contributed by atoms with van der Waals surface area (Å²) in [6.07, 6.45) is 1.35. The maximum absolute atomic E-state index is 12.7. The maximum Gasteiger partial charge on any atom is 0.343 e. The van der Waals surface area contributed by atoms with E-state index in [9.17, 15) is 13.2 Å². The quantitative estimate of drug-likeness (QED) is 0.203. The summed E-state index contributed by atoms with van der Waals surface area (Å²) in [5.74, 6) is -0.235. The summed E-state index contributed by atoms with van der Waals surface area (Å²) in [6.45, 7) is 1.89. The van der Waals surface area contributed by atoms with Crippen LogP contribution in [0.15, 0.2) is 101 Å². The second-order valence-electron chi connectivity index (χ2n) is 7.12. The number of rotatable bonds is 6. The van der Waals surface area contributed by atoms with Crippen LogP contribution in [0.1, 0.15) is 21.5 Å². The number of esters is 1. The third-order valence-electron chi connectivity index (χ3n) is 4.81. The van der Waals surface area contributed by atoms with Crippen LogP contribution < -0.4 is 9.57 Å². The maximum atomic E-state index is 12.7. The molecule has 0 spiro atoms. The molecule has 7 heteroatoms. The fourth-order valence-corrected chi connectivity index (χ4v) is 4.05. The summed E-state index contributed by atoms with van der Waals surface area (Å²) >= 11 is 0. The van der Waals surface area contributed by atoms with Crippen LogP contribution in [0, 0.1) is 6.92 Å². The smallest absolute Gasteiger partial charge is 0.343 e. The van der Waals surface area contributed by atoms with Crippen LogP contribution in [-0.2, 0) is 10.0 Å². The van der Waals surface area contributed by atoms with Crippen LogP contribution in [0.25, 0.3) is 10.8 Å². The minimum atomic E-state index is -3.82. The van der Waals surface area contributed by atoms with E-state index < -0.39 is 16.0 Å². The molecule has 0 aliphatic carbocycles. The lowest BCUT2D eigenvalue weighted by molar-refractivity contribution is 0.0734. The first-order valence-corrected chi connectivity index (χ1v) is 11.3. The molecule has 0 radical (unpaired) electrons. The van der Waals surface area contributed by atoms with Gasteiger partial charge in [0.2, 0.25) is 0 Å². The molecule has 0 aliphatic heterocycles. The molecule has 0 aromatic heterocycles. The Labute approximate surface area is 186 Å². The van der Waals surface area contributed by atoms with Crippen molar-refractivity contribution in [1.29, 1.82) is 0 Å². The summed E-state index contributed by atoms with van der Waals surface area (Å²) in [6, 6.07) is 26.0. The van der Waals surface area contributed by atoms with E-state index in [1.807, 2.05) is 43.3 Å². The molecule has 160 valence electrons. The predicted molar refractivity (Wildman–Crippen MR) is 124 cm³/mol. The first-order valence-electron chi connectivity index (χ1n) is 9.84. The van der Waals surface area contributed by atoms with Gasteiger partial charge < -0.3 is 4.74 Å². The number of carbonyl (C=O) groups is 1. The van der Waals surface area contributed by atoms with Crippen molar-refractivity contribution in [1.82, 2.24) is 4.83 Å². The van der Waals surface area contributed by atoms with Crippen molar-refractivity contribution in [3.8, 4) is 5.75 Å². The number of nitrogens with zero attached hydrogens (tertiary/aromatic N) is 1. The molecule has 6 nitrogen and oxygen atoms in total. The van der Waals surface area contributed by atoms with Gasteiger partial charge in [-0.15, -0.1) is 0 Å². The zero-order chi connectivity index (χ0) is 22.6. The summed E-state index contributed by atoms with van der Waals surface area (Å²) < 4.78 is 30.6. The number of hydrogen-bond acceptors (Lipinski definition) is 5. The zero-order valence-electron chi connectivity index (χ0n) is 17.2. The lowest BCUT2D eigenvalue weighted by Gasteiger charge is -2.11. The average Bonchev–Trinajstić information content (AvgIpc) is 2.80. The van der Waals surface area contributed by atoms with Gasteiger partial charge in [0, 0.05) is 5.56 Å². The van der Waals surface area contributed by atoms with Crippen LogP contribution >= 0.6 is 0 Å². The number of carbonyl (C=O) groups excluding carboxylic acids is 1. The number of hydrazone groups is 1. The topological polar surface area (TPSA) is 84.8 Å². The molecule has 4 rings (SSSR count). The highest BCUT2D eigenvalue weighted by Gasteiger charge is 2.15. The zero-order valence-corrected chi connectivity index (χ0v) is 18.0. The first-order chi connectivity index (χ1) is 15.4. The standard InChI is InChI=1S/C25H20N2O4S/c1-18-8-7-10-20(16-18)25(28)31-24-15-14-19-9-5-6-13-22(19)23(24)17-26-27-32(29,30)21-11-3-2-4-12-21/h2-17,27H,1H3/b26-17-. The number of hydrogen-bond donors (Lipinski definition) is 1. The van der Waals surface area contributed by atoms with Gasteiger partial charge in [-0.2, -0.15) is 13.5 Å². The predicted octanol–water partition coefficient (Wildman–Crippen LogP) is 4.68. The Hall–Kier alpha value is -3.97. The molecular formula is C25H20N2O4S.